The minimum Gasteiger partial charge on any atom is -0.478 e. The van der Waals surface area contributed by atoms with Crippen LogP contribution in [-0.2, 0) is 11.2 Å². The molecule has 0 unspecified atom stereocenters. The highest BCUT2D eigenvalue weighted by Crippen LogP contribution is 2.16. The molecule has 0 radical (unpaired) electrons. The number of amides is 1. The van der Waals surface area contributed by atoms with Gasteiger partial charge in [-0.05, 0) is 40.5 Å². The van der Waals surface area contributed by atoms with Gasteiger partial charge < -0.3 is 5.11 Å². The van der Waals surface area contributed by atoms with Crippen molar-refractivity contribution >= 4 is 28.9 Å². The van der Waals surface area contributed by atoms with Crippen LogP contribution >= 0.6 is 0 Å². The second kappa shape index (κ2) is 8.07. The van der Waals surface area contributed by atoms with Gasteiger partial charge in [0.05, 0.1) is 11.8 Å². The highest BCUT2D eigenvalue weighted by atomic mass is 16.4. The van der Waals surface area contributed by atoms with Crippen LogP contribution in [0.1, 0.15) is 27.9 Å². The number of fused-ring (bicyclic) bond motifs is 1. The maximum absolute atomic E-state index is 11.9. The molecular weight excluding hydrogens is 328 g/mol. The summed E-state index contributed by atoms with van der Waals surface area (Å²) >= 11 is 0. The van der Waals surface area contributed by atoms with Crippen molar-refractivity contribution in [2.24, 2.45) is 5.10 Å². The third kappa shape index (κ3) is 4.54. The Kier molecular flexibility index (Phi) is 5.39. The zero-order valence-corrected chi connectivity index (χ0v) is 14.1. The summed E-state index contributed by atoms with van der Waals surface area (Å²) in [7, 11) is 0. The number of carbonyl (C=O) groups excluding carboxylic acids is 1. The van der Waals surface area contributed by atoms with E-state index in [1.807, 2.05) is 18.2 Å². The third-order valence-electron chi connectivity index (χ3n) is 4.02. The van der Waals surface area contributed by atoms with Gasteiger partial charge in [0.15, 0.2) is 0 Å². The Balaban J connectivity index is 1.51. The molecule has 0 aliphatic heterocycles. The van der Waals surface area contributed by atoms with Crippen molar-refractivity contribution in [3.8, 4) is 0 Å². The van der Waals surface area contributed by atoms with Gasteiger partial charge in [0.2, 0.25) is 5.91 Å². The predicted octanol–water partition coefficient (Wildman–Crippen LogP) is 3.62. The molecule has 0 heterocycles. The molecule has 0 fully saturated rings. The molecule has 26 heavy (non-hydrogen) atoms. The van der Waals surface area contributed by atoms with E-state index in [-0.39, 0.29) is 11.5 Å². The summed E-state index contributed by atoms with van der Waals surface area (Å²) in [4.78, 5) is 22.7. The summed E-state index contributed by atoms with van der Waals surface area (Å²) in [6.45, 7) is 0. The normalized spacial score (nSPS) is 10.9. The number of nitrogens with one attached hydrogen (secondary N) is 1. The molecule has 0 aliphatic carbocycles. The van der Waals surface area contributed by atoms with Crippen molar-refractivity contribution < 1.29 is 14.7 Å². The van der Waals surface area contributed by atoms with E-state index in [4.69, 9.17) is 5.11 Å². The number of aryl methyl sites for hydroxylation is 1. The second-order valence-corrected chi connectivity index (χ2v) is 5.90. The van der Waals surface area contributed by atoms with E-state index in [9.17, 15) is 9.59 Å². The van der Waals surface area contributed by atoms with Crippen molar-refractivity contribution in [3.63, 3.8) is 0 Å². The van der Waals surface area contributed by atoms with Crippen LogP contribution in [0.2, 0.25) is 0 Å². The Morgan fingerprint density at radius 3 is 2.42 bits per heavy atom. The number of carboxylic acids is 1. The average molecular weight is 346 g/mol. The average Bonchev–Trinajstić information content (AvgIpc) is 2.66. The van der Waals surface area contributed by atoms with Gasteiger partial charge in [-0.15, -0.1) is 0 Å². The fourth-order valence-corrected chi connectivity index (χ4v) is 2.60. The van der Waals surface area contributed by atoms with Crippen molar-refractivity contribution in [2.45, 2.75) is 12.8 Å². The quantitative estimate of drug-likeness (QED) is 0.528. The molecule has 1 amide bonds. The summed E-state index contributed by atoms with van der Waals surface area (Å²) in [5.74, 6) is -1.15. The first-order chi connectivity index (χ1) is 12.6. The summed E-state index contributed by atoms with van der Waals surface area (Å²) in [6.07, 6.45) is 2.46. The van der Waals surface area contributed by atoms with Crippen molar-refractivity contribution in [3.05, 3.63) is 83.4 Å². The Labute approximate surface area is 151 Å². The molecule has 0 atom stereocenters. The SMILES string of the molecule is O=C(CCc1ccc2ccccc2c1)N/N=C\c1ccc(C(=O)O)cc1. The van der Waals surface area contributed by atoms with Crippen molar-refractivity contribution in [1.29, 1.82) is 0 Å². The zero-order chi connectivity index (χ0) is 18.4. The number of carboxylic acid groups (broad SMARTS) is 1. The van der Waals surface area contributed by atoms with Crippen LogP contribution < -0.4 is 5.43 Å². The first kappa shape index (κ1) is 17.4. The molecule has 5 nitrogen and oxygen atoms in total. The molecule has 0 spiro atoms. The van der Waals surface area contributed by atoms with Crippen LogP contribution in [0.15, 0.2) is 71.8 Å². The van der Waals surface area contributed by atoms with E-state index in [0.717, 1.165) is 10.9 Å². The number of hydrogen-bond acceptors (Lipinski definition) is 3. The summed E-state index contributed by atoms with van der Waals surface area (Å²) in [5.41, 5.74) is 4.52. The van der Waals surface area contributed by atoms with E-state index >= 15 is 0 Å². The van der Waals surface area contributed by atoms with Gasteiger partial charge in [-0.2, -0.15) is 5.10 Å². The molecule has 2 N–H and O–H groups in total. The summed E-state index contributed by atoms with van der Waals surface area (Å²) in [5, 5.41) is 15.1. The maximum atomic E-state index is 11.9. The maximum Gasteiger partial charge on any atom is 0.335 e. The van der Waals surface area contributed by atoms with Crippen LogP contribution in [0.25, 0.3) is 10.8 Å². The summed E-state index contributed by atoms with van der Waals surface area (Å²) < 4.78 is 0. The molecule has 3 aromatic carbocycles. The smallest absolute Gasteiger partial charge is 0.335 e. The van der Waals surface area contributed by atoms with Crippen LogP contribution in [0.4, 0.5) is 0 Å². The second-order valence-electron chi connectivity index (χ2n) is 5.90. The lowest BCUT2D eigenvalue weighted by Crippen LogP contribution is -2.17. The Morgan fingerprint density at radius 2 is 1.69 bits per heavy atom. The van der Waals surface area contributed by atoms with Gasteiger partial charge in [0, 0.05) is 6.42 Å². The van der Waals surface area contributed by atoms with Gasteiger partial charge >= 0.3 is 5.97 Å². The molecule has 5 heteroatoms. The van der Waals surface area contributed by atoms with E-state index in [1.165, 1.54) is 23.7 Å². The van der Waals surface area contributed by atoms with Crippen molar-refractivity contribution in [2.75, 3.05) is 0 Å². The predicted molar refractivity (Wildman–Crippen MR) is 101 cm³/mol. The number of aromatic carboxylic acids is 1. The van der Waals surface area contributed by atoms with Gasteiger partial charge in [0.1, 0.15) is 0 Å². The lowest BCUT2D eigenvalue weighted by molar-refractivity contribution is -0.121. The van der Waals surface area contributed by atoms with Gasteiger partial charge in [-0.1, -0.05) is 54.6 Å². The number of benzene rings is 3. The zero-order valence-electron chi connectivity index (χ0n) is 14.1. The van der Waals surface area contributed by atoms with Crippen LogP contribution in [0, 0.1) is 0 Å². The lowest BCUT2D eigenvalue weighted by Gasteiger charge is -2.03. The fraction of sp³-hybridized carbons (Fsp3) is 0.0952. The van der Waals surface area contributed by atoms with E-state index in [0.29, 0.717) is 18.4 Å². The Bertz CT molecular complexity index is 962. The van der Waals surface area contributed by atoms with Gasteiger partial charge in [-0.3, -0.25) is 4.79 Å². The highest BCUT2D eigenvalue weighted by Gasteiger charge is 2.03. The molecule has 0 aliphatic rings. The molecule has 3 aromatic rings. The molecular formula is C21H18N2O3. The largest absolute Gasteiger partial charge is 0.478 e. The Hall–Kier alpha value is -3.47. The highest BCUT2D eigenvalue weighted by molar-refractivity contribution is 5.89. The van der Waals surface area contributed by atoms with E-state index in [1.54, 1.807) is 12.1 Å². The molecule has 3 rings (SSSR count). The van der Waals surface area contributed by atoms with Crippen molar-refractivity contribution in [1.82, 2.24) is 5.43 Å². The molecule has 0 saturated heterocycles. The first-order valence-electron chi connectivity index (χ1n) is 8.25. The molecule has 0 aromatic heterocycles. The Morgan fingerprint density at radius 1 is 0.962 bits per heavy atom. The lowest BCUT2D eigenvalue weighted by atomic mass is 10.0. The summed E-state index contributed by atoms with van der Waals surface area (Å²) in [6, 6.07) is 20.5. The number of carbonyl (C=O) groups is 2. The monoisotopic (exact) mass is 346 g/mol. The number of hydrogen-bond donors (Lipinski definition) is 2. The van der Waals surface area contributed by atoms with E-state index in [2.05, 4.69) is 34.8 Å². The molecule has 130 valence electrons. The topological polar surface area (TPSA) is 78.8 Å². The number of hydrazone groups is 1. The first-order valence-corrected chi connectivity index (χ1v) is 8.25. The standard InChI is InChI=1S/C21H18N2O3/c24-20(23-22-14-16-6-10-18(11-7-16)21(25)26)12-8-15-5-9-17-3-1-2-4-19(17)13-15/h1-7,9-11,13-14H,8,12H2,(H,23,24)(H,25,26)/b22-14-. The van der Waals surface area contributed by atoms with Gasteiger partial charge in [-0.25, -0.2) is 10.2 Å². The van der Waals surface area contributed by atoms with Crippen LogP contribution in [0.3, 0.4) is 0 Å². The fourth-order valence-electron chi connectivity index (χ4n) is 2.60. The minimum atomic E-state index is -0.976. The number of rotatable bonds is 6. The van der Waals surface area contributed by atoms with Crippen LogP contribution in [-0.4, -0.2) is 23.2 Å². The van der Waals surface area contributed by atoms with E-state index < -0.39 is 5.97 Å². The minimum absolute atomic E-state index is 0.170. The molecule has 0 bridgehead atoms. The van der Waals surface area contributed by atoms with Gasteiger partial charge in [0.25, 0.3) is 0 Å². The number of nitrogens with zero attached hydrogens (tertiary/aromatic N) is 1. The third-order valence-corrected chi connectivity index (χ3v) is 4.02. The molecule has 0 saturated carbocycles. The van der Waals surface area contributed by atoms with Crippen LogP contribution in [0.5, 0.6) is 0 Å².